The first-order chi connectivity index (χ1) is 8.99. The van der Waals surface area contributed by atoms with Crippen molar-refractivity contribution in [2.75, 3.05) is 24.5 Å². The van der Waals surface area contributed by atoms with Gasteiger partial charge in [0.25, 0.3) is 0 Å². The van der Waals surface area contributed by atoms with Crippen molar-refractivity contribution in [1.29, 1.82) is 0 Å². The molecule has 1 atom stereocenters. The zero-order chi connectivity index (χ0) is 14.4. The highest BCUT2D eigenvalue weighted by atomic mass is 16.3. The van der Waals surface area contributed by atoms with Crippen molar-refractivity contribution in [3.05, 3.63) is 23.8 Å². The monoisotopic (exact) mass is 266 g/mol. The van der Waals surface area contributed by atoms with Gasteiger partial charge >= 0.3 is 0 Å². The summed E-state index contributed by atoms with van der Waals surface area (Å²) in [5.41, 5.74) is 1.24. The van der Waals surface area contributed by atoms with Crippen molar-refractivity contribution < 1.29 is 15.0 Å². The van der Waals surface area contributed by atoms with Gasteiger partial charge in [0, 0.05) is 30.4 Å². The Bertz CT molecular complexity index is 433. The first kappa shape index (κ1) is 15.3. The summed E-state index contributed by atoms with van der Waals surface area (Å²) in [6, 6.07) is 5.05. The van der Waals surface area contributed by atoms with Crippen LogP contribution in [0.4, 0.5) is 5.69 Å². The average Bonchev–Trinajstić information content (AvgIpc) is 2.35. The number of phenols is 1. The van der Waals surface area contributed by atoms with Crippen molar-refractivity contribution in [2.24, 2.45) is 0 Å². The van der Waals surface area contributed by atoms with Crippen molar-refractivity contribution in [3.8, 4) is 5.75 Å². The topological polar surface area (TPSA) is 72.8 Å². The fourth-order valence-corrected chi connectivity index (χ4v) is 1.89. The molecule has 19 heavy (non-hydrogen) atoms. The number of nitrogens with one attached hydrogen (secondary N) is 1. The van der Waals surface area contributed by atoms with E-state index in [0.29, 0.717) is 18.7 Å². The lowest BCUT2D eigenvalue weighted by Crippen LogP contribution is -2.37. The number of aliphatic hydroxyl groups is 1. The minimum absolute atomic E-state index is 0.0434. The van der Waals surface area contributed by atoms with Gasteiger partial charge in [0.15, 0.2) is 0 Å². The Labute approximate surface area is 113 Å². The Hall–Kier alpha value is -1.75. The third-order valence-electron chi connectivity index (χ3n) is 2.92. The van der Waals surface area contributed by atoms with Crippen LogP contribution in [0.5, 0.6) is 5.75 Å². The number of likely N-dealkylation sites (N-methyl/N-ethyl adjacent to an activating group) is 2. The Balaban J connectivity index is 2.87. The maximum Gasteiger partial charge on any atom is 0.239 e. The molecule has 1 amide bonds. The molecule has 1 unspecified atom stereocenters. The molecule has 0 bridgehead atoms. The molecule has 0 saturated carbocycles. The van der Waals surface area contributed by atoms with Gasteiger partial charge in [0.2, 0.25) is 5.91 Å². The summed E-state index contributed by atoms with van der Waals surface area (Å²) in [6.45, 7) is 6.92. The number of rotatable bonds is 6. The number of benzene rings is 1. The van der Waals surface area contributed by atoms with Crippen LogP contribution in [-0.4, -0.2) is 35.8 Å². The zero-order valence-corrected chi connectivity index (χ0v) is 11.7. The number of amides is 1. The number of anilines is 1. The molecule has 0 aliphatic heterocycles. The average molecular weight is 266 g/mol. The van der Waals surface area contributed by atoms with E-state index in [-0.39, 0.29) is 18.2 Å². The summed E-state index contributed by atoms with van der Waals surface area (Å²) in [5.74, 6) is -0.00899. The van der Waals surface area contributed by atoms with E-state index in [9.17, 15) is 15.0 Å². The van der Waals surface area contributed by atoms with Crippen LogP contribution in [0.25, 0.3) is 0 Å². The van der Waals surface area contributed by atoms with Gasteiger partial charge < -0.3 is 20.4 Å². The molecule has 3 N–H and O–H groups in total. The Morgan fingerprint density at radius 3 is 2.58 bits per heavy atom. The molecule has 5 heteroatoms. The van der Waals surface area contributed by atoms with E-state index in [4.69, 9.17) is 0 Å². The van der Waals surface area contributed by atoms with E-state index in [2.05, 4.69) is 5.32 Å². The van der Waals surface area contributed by atoms with Crippen LogP contribution in [0.3, 0.4) is 0 Å². The summed E-state index contributed by atoms with van der Waals surface area (Å²) in [5, 5.41) is 22.1. The van der Waals surface area contributed by atoms with Crippen molar-refractivity contribution in [2.45, 2.75) is 26.9 Å². The van der Waals surface area contributed by atoms with Gasteiger partial charge in [-0.1, -0.05) is 6.07 Å². The van der Waals surface area contributed by atoms with Crippen molar-refractivity contribution >= 4 is 11.6 Å². The van der Waals surface area contributed by atoms with Gasteiger partial charge in [-0.2, -0.15) is 0 Å². The highest BCUT2D eigenvalue weighted by Gasteiger charge is 2.13. The number of nitrogens with zero attached hydrogens (tertiary/aromatic N) is 1. The molecule has 1 rings (SSSR count). The smallest absolute Gasteiger partial charge is 0.239 e. The number of hydrogen-bond acceptors (Lipinski definition) is 4. The van der Waals surface area contributed by atoms with Crippen molar-refractivity contribution in [3.63, 3.8) is 0 Å². The fourth-order valence-electron chi connectivity index (χ4n) is 1.89. The second kappa shape index (κ2) is 6.99. The van der Waals surface area contributed by atoms with Crippen LogP contribution < -0.4 is 10.2 Å². The van der Waals surface area contributed by atoms with Gasteiger partial charge in [-0.15, -0.1) is 0 Å². The minimum atomic E-state index is -0.715. The first-order valence-corrected chi connectivity index (χ1v) is 6.52. The number of hydrogen-bond donors (Lipinski definition) is 3. The van der Waals surface area contributed by atoms with E-state index >= 15 is 0 Å². The molecule has 0 aliphatic rings. The first-order valence-electron chi connectivity index (χ1n) is 6.52. The van der Waals surface area contributed by atoms with Gasteiger partial charge in [0.1, 0.15) is 5.75 Å². The number of carbonyl (C=O) groups excluding carboxylic acids is 1. The molecular weight excluding hydrogens is 244 g/mol. The Morgan fingerprint density at radius 2 is 2.11 bits per heavy atom. The number of aromatic hydroxyl groups is 1. The molecule has 5 nitrogen and oxygen atoms in total. The summed E-state index contributed by atoms with van der Waals surface area (Å²) in [6.07, 6.45) is -0.715. The number of aliphatic hydroxyl groups excluding tert-OH is 1. The Kier molecular flexibility index (Phi) is 5.63. The van der Waals surface area contributed by atoms with E-state index in [0.717, 1.165) is 5.69 Å². The predicted molar refractivity (Wildman–Crippen MR) is 75.3 cm³/mol. The van der Waals surface area contributed by atoms with Crippen LogP contribution in [0.15, 0.2) is 18.2 Å². The second-order valence-electron chi connectivity index (χ2n) is 4.39. The lowest BCUT2D eigenvalue weighted by molar-refractivity contribution is -0.119. The fraction of sp³-hybridized carbons (Fsp3) is 0.500. The van der Waals surface area contributed by atoms with Gasteiger partial charge in [-0.25, -0.2) is 0 Å². The standard InChI is InChI=1S/C14H22N2O3/c1-4-15-14(19)9-16(5-2)11-6-7-12(10(3)17)13(18)8-11/h6-8,10,17-18H,4-5,9H2,1-3H3,(H,15,19). The van der Waals surface area contributed by atoms with Crippen LogP contribution in [0.2, 0.25) is 0 Å². The van der Waals surface area contributed by atoms with Gasteiger partial charge in [-0.05, 0) is 26.8 Å². The Morgan fingerprint density at radius 1 is 1.42 bits per heavy atom. The predicted octanol–water partition coefficient (Wildman–Crippen LogP) is 1.41. The molecule has 0 heterocycles. The summed E-state index contributed by atoms with van der Waals surface area (Å²) >= 11 is 0. The second-order valence-corrected chi connectivity index (χ2v) is 4.39. The van der Waals surface area contributed by atoms with Crippen LogP contribution in [0.1, 0.15) is 32.4 Å². The molecular formula is C14H22N2O3. The lowest BCUT2D eigenvalue weighted by atomic mass is 10.1. The molecule has 0 aliphatic carbocycles. The molecule has 0 spiro atoms. The molecule has 106 valence electrons. The minimum Gasteiger partial charge on any atom is -0.507 e. The zero-order valence-electron chi connectivity index (χ0n) is 11.7. The van der Waals surface area contributed by atoms with E-state index in [1.54, 1.807) is 25.1 Å². The summed E-state index contributed by atoms with van der Waals surface area (Å²) in [4.78, 5) is 13.4. The highest BCUT2D eigenvalue weighted by molar-refractivity contribution is 5.81. The number of phenolic OH excluding ortho intramolecular Hbond substituents is 1. The van der Waals surface area contributed by atoms with Crippen LogP contribution in [0, 0.1) is 0 Å². The highest BCUT2D eigenvalue weighted by Crippen LogP contribution is 2.28. The van der Waals surface area contributed by atoms with Crippen molar-refractivity contribution in [1.82, 2.24) is 5.32 Å². The molecule has 0 saturated heterocycles. The maximum atomic E-state index is 11.6. The normalized spacial score (nSPS) is 12.0. The summed E-state index contributed by atoms with van der Waals surface area (Å²) in [7, 11) is 0. The quantitative estimate of drug-likeness (QED) is 0.728. The molecule has 0 radical (unpaired) electrons. The molecule has 1 aromatic rings. The molecule has 0 fully saturated rings. The van der Waals surface area contributed by atoms with E-state index in [1.165, 1.54) is 0 Å². The summed E-state index contributed by atoms with van der Waals surface area (Å²) < 4.78 is 0. The third kappa shape index (κ3) is 4.13. The number of carbonyl (C=O) groups is 1. The van der Waals surface area contributed by atoms with E-state index < -0.39 is 6.10 Å². The third-order valence-corrected chi connectivity index (χ3v) is 2.92. The largest absolute Gasteiger partial charge is 0.507 e. The maximum absolute atomic E-state index is 11.6. The van der Waals surface area contributed by atoms with Crippen LogP contribution >= 0.6 is 0 Å². The SMILES string of the molecule is CCNC(=O)CN(CC)c1ccc(C(C)O)c(O)c1. The lowest BCUT2D eigenvalue weighted by Gasteiger charge is -2.23. The molecule has 0 aromatic heterocycles. The van der Waals surface area contributed by atoms with Gasteiger partial charge in [-0.3, -0.25) is 4.79 Å². The van der Waals surface area contributed by atoms with Crippen LogP contribution in [-0.2, 0) is 4.79 Å². The van der Waals surface area contributed by atoms with Gasteiger partial charge in [0.05, 0.1) is 12.6 Å². The van der Waals surface area contributed by atoms with E-state index in [1.807, 2.05) is 18.7 Å². The molecule has 1 aromatic carbocycles.